The van der Waals surface area contributed by atoms with Gasteiger partial charge in [-0.3, -0.25) is 4.72 Å². The van der Waals surface area contributed by atoms with Gasteiger partial charge in [0.25, 0.3) is 10.0 Å². The number of hydrogen-bond acceptors (Lipinski definition) is 5. The van der Waals surface area contributed by atoms with E-state index in [0.29, 0.717) is 0 Å². The molecule has 3 N–H and O–H groups in total. The Labute approximate surface area is 119 Å². The summed E-state index contributed by atoms with van der Waals surface area (Å²) in [6.07, 6.45) is 0. The molecule has 1 heterocycles. The van der Waals surface area contributed by atoms with E-state index >= 15 is 0 Å². The Morgan fingerprint density at radius 2 is 1.80 bits per heavy atom. The molecule has 0 aliphatic rings. The van der Waals surface area contributed by atoms with Gasteiger partial charge in [0.15, 0.2) is 0 Å². The van der Waals surface area contributed by atoms with Crippen LogP contribution >= 0.6 is 11.3 Å². The number of sulfonamides is 2. The molecule has 10 heteroatoms. The molecule has 1 aromatic heterocycles. The predicted molar refractivity (Wildman–Crippen MR) is 72.9 cm³/mol. The highest BCUT2D eigenvalue weighted by molar-refractivity contribution is 7.94. The van der Waals surface area contributed by atoms with E-state index in [1.165, 1.54) is 18.2 Å². The van der Waals surface area contributed by atoms with Gasteiger partial charge in [0.05, 0.1) is 5.69 Å². The highest BCUT2D eigenvalue weighted by atomic mass is 32.2. The van der Waals surface area contributed by atoms with E-state index in [-0.39, 0.29) is 4.21 Å². The zero-order valence-electron chi connectivity index (χ0n) is 9.78. The van der Waals surface area contributed by atoms with Gasteiger partial charge in [0, 0.05) is 0 Å². The first-order valence-electron chi connectivity index (χ1n) is 5.09. The fourth-order valence-corrected chi connectivity index (χ4v) is 4.38. The molecule has 20 heavy (non-hydrogen) atoms. The Morgan fingerprint density at radius 1 is 1.10 bits per heavy atom. The number of hydrogen-bond donors (Lipinski definition) is 2. The van der Waals surface area contributed by atoms with Gasteiger partial charge in [-0.05, 0) is 23.6 Å². The lowest BCUT2D eigenvalue weighted by molar-refractivity contribution is 0.569. The van der Waals surface area contributed by atoms with Crippen LogP contribution in [0.25, 0.3) is 0 Å². The minimum Gasteiger partial charge on any atom is -0.277 e. The summed E-state index contributed by atoms with van der Waals surface area (Å²) in [5, 5.41) is 6.44. The monoisotopic (exact) mass is 336 g/mol. The van der Waals surface area contributed by atoms with Crippen LogP contribution in [0.5, 0.6) is 0 Å². The Hall–Kier alpha value is -1.49. The molecule has 108 valence electrons. The third-order valence-electron chi connectivity index (χ3n) is 2.26. The van der Waals surface area contributed by atoms with Crippen molar-refractivity contribution in [2.75, 3.05) is 4.72 Å². The Morgan fingerprint density at radius 3 is 2.35 bits per heavy atom. The van der Waals surface area contributed by atoms with Gasteiger partial charge in [-0.1, -0.05) is 12.1 Å². The van der Waals surface area contributed by atoms with Gasteiger partial charge in [-0.15, -0.1) is 11.3 Å². The fraction of sp³-hybridized carbons (Fsp3) is 0. The smallest absolute Gasteiger partial charge is 0.271 e. The van der Waals surface area contributed by atoms with Crippen molar-refractivity contribution in [2.24, 2.45) is 5.14 Å². The summed E-state index contributed by atoms with van der Waals surface area (Å²) < 4.78 is 62.3. The van der Waals surface area contributed by atoms with Gasteiger partial charge in [-0.2, -0.15) is 0 Å². The van der Waals surface area contributed by atoms with Gasteiger partial charge in [-0.25, -0.2) is 26.4 Å². The van der Waals surface area contributed by atoms with E-state index in [0.717, 1.165) is 23.5 Å². The molecule has 0 atom stereocenters. The summed E-state index contributed by atoms with van der Waals surface area (Å²) in [6.45, 7) is 0. The largest absolute Gasteiger partial charge is 0.277 e. The number of thiophene rings is 1. The van der Waals surface area contributed by atoms with Crippen LogP contribution in [-0.2, 0) is 20.0 Å². The molecule has 0 bridgehead atoms. The molecule has 1 aromatic carbocycles. The first-order valence-corrected chi connectivity index (χ1v) is 9.00. The molecular formula is C10H9FN2O4S3. The van der Waals surface area contributed by atoms with Crippen molar-refractivity contribution in [3.63, 3.8) is 0 Å². The van der Waals surface area contributed by atoms with Crippen LogP contribution < -0.4 is 9.86 Å². The minimum atomic E-state index is -4.40. The lowest BCUT2D eigenvalue weighted by atomic mass is 10.3. The zero-order chi connectivity index (χ0) is 15.0. The zero-order valence-corrected chi connectivity index (χ0v) is 12.2. The molecule has 0 saturated heterocycles. The standard InChI is InChI=1S/C10H9FN2O4S3/c11-7-3-1-4-8(10(7)19(12,14)15)13-20(16,17)9-5-2-6-18-9/h1-6,13H,(H2,12,14,15). The van der Waals surface area contributed by atoms with Crippen molar-refractivity contribution in [1.29, 1.82) is 0 Å². The fourth-order valence-electron chi connectivity index (χ4n) is 1.49. The molecule has 0 spiro atoms. The average molecular weight is 336 g/mol. The van der Waals surface area contributed by atoms with E-state index in [4.69, 9.17) is 5.14 Å². The molecule has 0 aliphatic heterocycles. The quantitative estimate of drug-likeness (QED) is 0.878. The number of halogens is 1. The molecule has 2 aromatic rings. The average Bonchev–Trinajstić information content (AvgIpc) is 2.80. The van der Waals surface area contributed by atoms with E-state index in [1.54, 1.807) is 5.38 Å². The van der Waals surface area contributed by atoms with Crippen molar-refractivity contribution in [3.8, 4) is 0 Å². The molecule has 0 fully saturated rings. The maximum Gasteiger partial charge on any atom is 0.271 e. The summed E-state index contributed by atoms with van der Waals surface area (Å²) in [6, 6.07) is 6.03. The first-order chi connectivity index (χ1) is 9.22. The second-order valence-electron chi connectivity index (χ2n) is 3.70. The molecule has 0 radical (unpaired) electrons. The number of rotatable bonds is 4. The second kappa shape index (κ2) is 5.13. The highest BCUT2D eigenvalue weighted by Gasteiger charge is 2.23. The maximum atomic E-state index is 13.6. The number of primary sulfonamides is 1. The Bertz CT molecular complexity index is 829. The van der Waals surface area contributed by atoms with Gasteiger partial charge >= 0.3 is 0 Å². The van der Waals surface area contributed by atoms with Crippen LogP contribution in [0.15, 0.2) is 44.8 Å². The molecule has 0 unspecified atom stereocenters. The van der Waals surface area contributed by atoms with E-state index in [2.05, 4.69) is 0 Å². The van der Waals surface area contributed by atoms with Crippen LogP contribution in [0.4, 0.5) is 10.1 Å². The molecule has 0 amide bonds. The third kappa shape index (κ3) is 2.98. The lowest BCUT2D eigenvalue weighted by Gasteiger charge is -2.10. The summed E-state index contributed by atoms with van der Waals surface area (Å²) in [7, 11) is -8.39. The van der Waals surface area contributed by atoms with Crippen molar-refractivity contribution in [3.05, 3.63) is 41.5 Å². The normalized spacial score (nSPS) is 12.3. The van der Waals surface area contributed by atoms with Crippen molar-refractivity contribution in [1.82, 2.24) is 0 Å². The van der Waals surface area contributed by atoms with Crippen molar-refractivity contribution >= 4 is 37.1 Å². The van der Waals surface area contributed by atoms with Gasteiger partial charge in [0.2, 0.25) is 10.0 Å². The highest BCUT2D eigenvalue weighted by Crippen LogP contribution is 2.27. The topological polar surface area (TPSA) is 106 Å². The van der Waals surface area contributed by atoms with Crippen LogP contribution in [0.1, 0.15) is 0 Å². The predicted octanol–water partition coefficient (Wildman–Crippen LogP) is 1.34. The summed E-state index contributed by atoms with van der Waals surface area (Å²) in [5.41, 5.74) is -0.430. The van der Waals surface area contributed by atoms with E-state index < -0.39 is 36.4 Å². The third-order valence-corrected chi connectivity index (χ3v) is 6.00. The van der Waals surface area contributed by atoms with Crippen LogP contribution in [0, 0.1) is 5.82 Å². The van der Waals surface area contributed by atoms with E-state index in [1.807, 2.05) is 4.72 Å². The maximum absolute atomic E-state index is 13.6. The molecule has 0 aliphatic carbocycles. The number of nitrogens with one attached hydrogen (secondary N) is 1. The SMILES string of the molecule is NS(=O)(=O)c1c(F)cccc1NS(=O)(=O)c1cccs1. The van der Waals surface area contributed by atoms with Gasteiger partial charge in [0.1, 0.15) is 14.9 Å². The number of anilines is 1. The van der Waals surface area contributed by atoms with Crippen LogP contribution in [0.2, 0.25) is 0 Å². The Balaban J connectivity index is 2.54. The summed E-state index contributed by atoms with van der Waals surface area (Å²) >= 11 is 0.942. The molecule has 2 rings (SSSR count). The molecular weight excluding hydrogens is 327 g/mol. The Kier molecular flexibility index (Phi) is 3.82. The van der Waals surface area contributed by atoms with Crippen LogP contribution in [-0.4, -0.2) is 16.8 Å². The van der Waals surface area contributed by atoms with Crippen molar-refractivity contribution < 1.29 is 21.2 Å². The van der Waals surface area contributed by atoms with Crippen molar-refractivity contribution in [2.45, 2.75) is 9.10 Å². The molecule has 6 nitrogen and oxygen atoms in total. The second-order valence-corrected chi connectivity index (χ2v) is 8.05. The number of benzene rings is 1. The van der Waals surface area contributed by atoms with Crippen LogP contribution in [0.3, 0.4) is 0 Å². The first kappa shape index (κ1) is 14.9. The van der Waals surface area contributed by atoms with E-state index in [9.17, 15) is 21.2 Å². The summed E-state index contributed by atoms with van der Waals surface area (Å²) in [5.74, 6) is -1.13. The summed E-state index contributed by atoms with van der Waals surface area (Å²) in [4.78, 5) is -0.889. The molecule has 0 saturated carbocycles. The minimum absolute atomic E-state index is 0.0258. The lowest BCUT2D eigenvalue weighted by Crippen LogP contribution is -2.19. The van der Waals surface area contributed by atoms with Gasteiger partial charge < -0.3 is 0 Å². The number of nitrogens with two attached hydrogens (primary N) is 1.